The molecule has 16 heteroatoms. The first-order valence-electron chi connectivity index (χ1n) is 18.3. The molecule has 2 fully saturated rings. The van der Waals surface area contributed by atoms with Crippen molar-refractivity contribution in [2.45, 2.75) is 152 Å². The summed E-state index contributed by atoms with van der Waals surface area (Å²) >= 11 is 18.7. The predicted molar refractivity (Wildman–Crippen MR) is 223 cm³/mol. The second-order valence-electron chi connectivity index (χ2n) is 15.2. The number of nitrogens with one attached hydrogen (secondary N) is 8. The molecule has 2 saturated carbocycles. The molecule has 0 radical (unpaired) electrons. The van der Waals surface area contributed by atoms with Crippen LogP contribution in [0.25, 0.3) is 0 Å². The Kier molecular flexibility index (Phi) is 18.5. The van der Waals surface area contributed by atoms with Crippen molar-refractivity contribution in [3.63, 3.8) is 0 Å². The quantitative estimate of drug-likeness (QED) is 0.0282. The van der Waals surface area contributed by atoms with E-state index in [4.69, 9.17) is 45.7 Å². The molecule has 286 valence electrons. The molecule has 0 heterocycles. The summed E-state index contributed by atoms with van der Waals surface area (Å²) in [6, 6.07) is 8.48. The van der Waals surface area contributed by atoms with Crippen LogP contribution in [0.5, 0.6) is 0 Å². The molecule has 1 aromatic rings. The Hall–Kier alpha value is -0.820. The first-order valence-corrected chi connectivity index (χ1v) is 20.4. The molecule has 2 aliphatic carbocycles. The van der Waals surface area contributed by atoms with Crippen LogP contribution in [0.15, 0.2) is 44.7 Å². The lowest BCUT2D eigenvalue weighted by Gasteiger charge is -2.34. The van der Waals surface area contributed by atoms with Gasteiger partial charge in [0.2, 0.25) is 0 Å². The Balaban J connectivity index is 1.39. The summed E-state index contributed by atoms with van der Waals surface area (Å²) in [5, 5.41) is 32.5. The fourth-order valence-corrected chi connectivity index (χ4v) is 6.85. The Morgan fingerprint density at radius 2 is 0.840 bits per heavy atom. The maximum atomic E-state index is 4.76. The Morgan fingerprint density at radius 1 is 0.540 bits per heavy atom. The molecule has 50 heavy (non-hydrogen) atoms. The zero-order valence-electron chi connectivity index (χ0n) is 31.3. The Morgan fingerprint density at radius 3 is 1.14 bits per heavy atom. The van der Waals surface area contributed by atoms with Crippen LogP contribution < -0.4 is 43.0 Å². The molecule has 6 unspecified atom stereocenters. The number of thiol groups is 4. The van der Waals surface area contributed by atoms with Crippen molar-refractivity contribution in [3.05, 3.63) is 24.3 Å². The van der Waals surface area contributed by atoms with Crippen molar-refractivity contribution < 1.29 is 0 Å². The van der Waals surface area contributed by atoms with Crippen molar-refractivity contribution in [2.24, 2.45) is 44.1 Å². The highest BCUT2D eigenvalue weighted by molar-refractivity contribution is 7.81. The average Bonchev–Trinajstić information content (AvgIpc) is 3.06. The van der Waals surface area contributed by atoms with Crippen LogP contribution >= 0.6 is 50.5 Å². The minimum atomic E-state index is -0.556. The van der Waals surface area contributed by atoms with E-state index in [1.807, 2.05) is 24.3 Å². The molecule has 8 N–H and O–H groups in total. The molecule has 0 spiro atoms. The largest absolute Gasteiger partial charge is 0.361 e. The number of hydrogen-bond acceptors (Lipinski definition) is 16. The van der Waals surface area contributed by atoms with E-state index in [2.05, 4.69) is 124 Å². The molecule has 0 bridgehead atoms. The first-order chi connectivity index (χ1) is 23.6. The number of azo groups is 2. The zero-order chi connectivity index (χ0) is 36.9. The lowest BCUT2D eigenvalue weighted by molar-refractivity contribution is 0.227. The van der Waals surface area contributed by atoms with Crippen LogP contribution in [-0.2, 0) is 0 Å². The number of nitrogens with zero attached hydrogens (tertiary/aromatic N) is 4. The van der Waals surface area contributed by atoms with E-state index >= 15 is 0 Å². The minimum absolute atomic E-state index is 0.221. The molecule has 12 nitrogen and oxygen atoms in total. The molecule has 0 aromatic heterocycles. The van der Waals surface area contributed by atoms with E-state index < -0.39 is 11.3 Å². The van der Waals surface area contributed by atoms with Gasteiger partial charge in [-0.1, -0.05) is 41.5 Å². The van der Waals surface area contributed by atoms with E-state index in [1.165, 1.54) is 25.7 Å². The van der Waals surface area contributed by atoms with Gasteiger partial charge in [0.1, 0.15) is 33.3 Å². The predicted octanol–water partition coefficient (Wildman–Crippen LogP) is 7.54. The summed E-state index contributed by atoms with van der Waals surface area (Å²) in [4.78, 5) is 0. The standard InChI is InChI=1S/C34H66N12S4/c1-21(2)33(7,45-39-27-13-9-23(5)10-14-27)37-31(49)43-41-29(47)35-25-17-19-26(20-18-25)36-30(48)42-44-32(50)38-34(8,22(3)4)46-40-28-15-11-24(6)12-16-28/h17-24,27-32,35-38,41-44,47-50H,9-16H2,1-8H3. The molecule has 1 aromatic carbocycles. The van der Waals surface area contributed by atoms with Crippen LogP contribution in [0.3, 0.4) is 0 Å². The molecule has 0 saturated heterocycles. The van der Waals surface area contributed by atoms with Gasteiger partial charge in [-0.3, -0.25) is 10.6 Å². The third kappa shape index (κ3) is 15.3. The topological polar surface area (TPSA) is 146 Å². The van der Waals surface area contributed by atoms with E-state index in [9.17, 15) is 0 Å². The second kappa shape index (κ2) is 21.2. The number of rotatable bonds is 20. The monoisotopic (exact) mass is 770 g/mol. The van der Waals surface area contributed by atoms with Gasteiger partial charge in [-0.05, 0) is 113 Å². The Bertz CT molecular complexity index is 1070. The third-order valence-corrected chi connectivity index (χ3v) is 11.2. The van der Waals surface area contributed by atoms with Gasteiger partial charge < -0.3 is 10.6 Å². The lowest BCUT2D eigenvalue weighted by Crippen LogP contribution is -2.58. The van der Waals surface area contributed by atoms with Gasteiger partial charge >= 0.3 is 0 Å². The van der Waals surface area contributed by atoms with Gasteiger partial charge in [0.15, 0.2) is 0 Å². The maximum absolute atomic E-state index is 4.76. The van der Waals surface area contributed by atoms with Crippen molar-refractivity contribution in [1.29, 1.82) is 0 Å². The van der Waals surface area contributed by atoms with Crippen LogP contribution in [0.1, 0.15) is 107 Å². The number of hydrogen-bond donors (Lipinski definition) is 12. The van der Waals surface area contributed by atoms with Crippen LogP contribution in [0.2, 0.25) is 0 Å². The third-order valence-electron chi connectivity index (χ3n) is 10.1. The van der Waals surface area contributed by atoms with Gasteiger partial charge in [0.25, 0.3) is 0 Å². The SMILES string of the molecule is CC1CCC(N=NC(C)(NC(S)NNC(S)Nc2ccc(NC(S)NNC(S)NC(C)(N=NC3CCC(C)CC3)C(C)C)cc2)C(C)C)CC1. The molecular formula is C34H66N12S4. The first kappa shape index (κ1) is 43.6. The second-order valence-corrected chi connectivity index (χ2v) is 17.3. The van der Waals surface area contributed by atoms with Crippen LogP contribution in [-0.4, -0.2) is 45.4 Å². The summed E-state index contributed by atoms with van der Waals surface area (Å²) in [7, 11) is 0. The summed E-state index contributed by atoms with van der Waals surface area (Å²) < 4.78 is 0. The van der Waals surface area contributed by atoms with Gasteiger partial charge in [-0.2, -0.15) is 20.5 Å². The Labute approximate surface area is 323 Å². The fraction of sp³-hybridized carbons (Fsp3) is 0.824. The van der Waals surface area contributed by atoms with E-state index in [-0.39, 0.29) is 33.8 Å². The molecule has 6 atom stereocenters. The van der Waals surface area contributed by atoms with Crippen LogP contribution in [0.4, 0.5) is 11.4 Å². The lowest BCUT2D eigenvalue weighted by atomic mass is 9.88. The molecule has 2 aliphatic rings. The van der Waals surface area contributed by atoms with Gasteiger partial charge in [-0.25, -0.2) is 21.7 Å². The highest BCUT2D eigenvalue weighted by atomic mass is 32.1. The van der Waals surface area contributed by atoms with E-state index in [0.717, 1.165) is 48.9 Å². The van der Waals surface area contributed by atoms with Crippen LogP contribution in [0, 0.1) is 23.7 Å². The van der Waals surface area contributed by atoms with Crippen molar-refractivity contribution in [1.82, 2.24) is 32.3 Å². The summed E-state index contributed by atoms with van der Waals surface area (Å²) in [6.07, 6.45) is 9.31. The van der Waals surface area contributed by atoms with Gasteiger partial charge in [-0.15, -0.1) is 50.5 Å². The van der Waals surface area contributed by atoms with Crippen molar-refractivity contribution in [3.8, 4) is 0 Å². The van der Waals surface area contributed by atoms with E-state index in [0.29, 0.717) is 12.1 Å². The minimum Gasteiger partial charge on any atom is -0.361 e. The smallest absolute Gasteiger partial charge is 0.135 e. The zero-order valence-corrected chi connectivity index (χ0v) is 34.9. The highest BCUT2D eigenvalue weighted by Crippen LogP contribution is 2.29. The molecule has 0 amide bonds. The number of anilines is 2. The molecule has 3 rings (SSSR count). The maximum Gasteiger partial charge on any atom is 0.135 e. The highest BCUT2D eigenvalue weighted by Gasteiger charge is 2.32. The van der Waals surface area contributed by atoms with Crippen molar-refractivity contribution in [2.75, 3.05) is 10.6 Å². The van der Waals surface area contributed by atoms with Crippen molar-refractivity contribution >= 4 is 61.9 Å². The normalized spacial score (nSPS) is 26.8. The average molecular weight is 771 g/mol. The summed E-state index contributed by atoms with van der Waals surface area (Å²) in [5.41, 5.74) is 11.8. The molecule has 0 aliphatic heterocycles. The summed E-state index contributed by atoms with van der Waals surface area (Å²) in [6.45, 7) is 17.3. The summed E-state index contributed by atoms with van der Waals surface area (Å²) in [5.74, 6) is 2.02. The number of hydrazine groups is 2. The van der Waals surface area contributed by atoms with E-state index in [1.54, 1.807) is 0 Å². The van der Waals surface area contributed by atoms with Gasteiger partial charge in [0, 0.05) is 11.4 Å². The number of benzene rings is 1. The van der Waals surface area contributed by atoms with Gasteiger partial charge in [0.05, 0.1) is 12.1 Å². The molecular weight excluding hydrogens is 705 g/mol. The fourth-order valence-electron chi connectivity index (χ4n) is 5.73.